The highest BCUT2D eigenvalue weighted by Crippen LogP contribution is 2.39. The van der Waals surface area contributed by atoms with E-state index in [1.165, 1.54) is 20.0 Å². The van der Waals surface area contributed by atoms with Crippen molar-refractivity contribution < 1.29 is 9.53 Å². The van der Waals surface area contributed by atoms with Gasteiger partial charge in [0.05, 0.1) is 18.1 Å². The van der Waals surface area contributed by atoms with Crippen molar-refractivity contribution in [1.29, 1.82) is 0 Å². The van der Waals surface area contributed by atoms with E-state index in [4.69, 9.17) is 9.72 Å². The van der Waals surface area contributed by atoms with Gasteiger partial charge in [0.1, 0.15) is 5.82 Å². The Kier molecular flexibility index (Phi) is 6.59. The van der Waals surface area contributed by atoms with Crippen LogP contribution >= 0.6 is 0 Å². The molecule has 2 aromatic carbocycles. The summed E-state index contributed by atoms with van der Waals surface area (Å²) in [5, 5.41) is 18.1. The lowest BCUT2D eigenvalue weighted by Crippen LogP contribution is -2.47. The van der Waals surface area contributed by atoms with Gasteiger partial charge in [0.2, 0.25) is 5.82 Å². The van der Waals surface area contributed by atoms with Gasteiger partial charge in [-0.25, -0.2) is 9.78 Å². The molecule has 0 radical (unpaired) electrons. The maximum absolute atomic E-state index is 13.1. The molecule has 0 spiro atoms. The summed E-state index contributed by atoms with van der Waals surface area (Å²) in [6.45, 7) is 3.75. The van der Waals surface area contributed by atoms with Crippen LogP contribution in [0.25, 0.3) is 33.5 Å². The van der Waals surface area contributed by atoms with Crippen molar-refractivity contribution in [2.75, 3.05) is 13.7 Å². The van der Waals surface area contributed by atoms with Gasteiger partial charge in [0.25, 0.3) is 0 Å². The second kappa shape index (κ2) is 9.95. The Bertz CT molecular complexity index is 1310. The number of hydrogen-bond acceptors (Lipinski definition) is 7. The number of nitrogens with one attached hydrogen (secondary N) is 2. The van der Waals surface area contributed by atoms with E-state index in [0.717, 1.165) is 65.9 Å². The normalized spacial score (nSPS) is 17.8. The average molecular weight is 474 g/mol. The molecule has 182 valence electrons. The van der Waals surface area contributed by atoms with Crippen LogP contribution in [0.15, 0.2) is 42.5 Å². The van der Waals surface area contributed by atoms with Crippen LogP contribution < -0.4 is 5.32 Å². The van der Waals surface area contributed by atoms with E-state index in [2.05, 4.69) is 49.6 Å². The number of imidazole rings is 1. The smallest absolute Gasteiger partial charge is 0.334 e. The van der Waals surface area contributed by atoms with Crippen molar-refractivity contribution >= 4 is 17.0 Å². The molecule has 0 bridgehead atoms. The van der Waals surface area contributed by atoms with Crippen molar-refractivity contribution in [3.63, 3.8) is 0 Å². The molecule has 1 aliphatic heterocycles. The van der Waals surface area contributed by atoms with Gasteiger partial charge in [0, 0.05) is 17.7 Å². The van der Waals surface area contributed by atoms with Crippen LogP contribution in [0.3, 0.4) is 0 Å². The standard InChI is InChI=1S/C26H31N7O2/c1-3-4-5-8-17-33-21-14-9-13-19(18-11-6-7-12-20(18)23-29-31-32-30-23)22(21)28-24(33)26(25(34)35-2)15-10-16-27-26/h6-7,9,11-14,27H,3-5,8,10,15-17H2,1-2H3,(H,29,30,31,32)/t26-/m1/s1. The molecule has 9 nitrogen and oxygen atoms in total. The van der Waals surface area contributed by atoms with E-state index in [1.54, 1.807) is 0 Å². The number of aromatic amines is 1. The van der Waals surface area contributed by atoms with Gasteiger partial charge >= 0.3 is 5.97 Å². The van der Waals surface area contributed by atoms with Crippen molar-refractivity contribution in [3.8, 4) is 22.5 Å². The molecule has 0 aliphatic carbocycles. The fraction of sp³-hybridized carbons (Fsp3) is 0.423. The van der Waals surface area contributed by atoms with Gasteiger partial charge in [-0.1, -0.05) is 62.6 Å². The number of methoxy groups -OCH3 is 1. The van der Waals surface area contributed by atoms with E-state index in [9.17, 15) is 4.79 Å². The first-order valence-electron chi connectivity index (χ1n) is 12.4. The molecule has 0 unspecified atom stereocenters. The molecule has 3 heterocycles. The lowest BCUT2D eigenvalue weighted by atomic mass is 9.96. The van der Waals surface area contributed by atoms with Gasteiger partial charge < -0.3 is 9.30 Å². The number of hydrogen-bond donors (Lipinski definition) is 2. The minimum absolute atomic E-state index is 0.283. The van der Waals surface area contributed by atoms with E-state index in [1.807, 2.05) is 30.3 Å². The summed E-state index contributed by atoms with van der Waals surface area (Å²) in [4.78, 5) is 18.3. The molecule has 1 fully saturated rings. The van der Waals surface area contributed by atoms with E-state index in [0.29, 0.717) is 12.2 Å². The van der Waals surface area contributed by atoms with E-state index < -0.39 is 5.54 Å². The minimum Gasteiger partial charge on any atom is -0.467 e. The number of para-hydroxylation sites is 1. The molecule has 0 amide bonds. The Labute approximate surface area is 204 Å². The van der Waals surface area contributed by atoms with Crippen LogP contribution in [0, 0.1) is 0 Å². The highest BCUT2D eigenvalue weighted by atomic mass is 16.5. The molecule has 5 rings (SSSR count). The third-order valence-electron chi connectivity index (χ3n) is 6.89. The van der Waals surface area contributed by atoms with Crippen LogP contribution in [0.4, 0.5) is 0 Å². The SMILES string of the molecule is CCCCCCn1c([C@@]2(C(=O)OC)CCCN2)nc2c(-c3ccccc3-c3nn[nH]n3)cccc21. The predicted molar refractivity (Wildman–Crippen MR) is 133 cm³/mol. The van der Waals surface area contributed by atoms with Crippen LogP contribution in [-0.4, -0.2) is 49.8 Å². The van der Waals surface area contributed by atoms with E-state index in [-0.39, 0.29) is 5.97 Å². The number of unbranched alkanes of at least 4 members (excludes halogenated alkanes) is 3. The number of nitrogens with zero attached hydrogens (tertiary/aromatic N) is 5. The number of esters is 1. The molecule has 1 saturated heterocycles. The summed E-state index contributed by atoms with van der Waals surface area (Å²) in [7, 11) is 1.45. The summed E-state index contributed by atoms with van der Waals surface area (Å²) in [6, 6.07) is 14.2. The molecule has 0 saturated carbocycles. The molecule has 35 heavy (non-hydrogen) atoms. The lowest BCUT2D eigenvalue weighted by Gasteiger charge is -2.26. The third-order valence-corrected chi connectivity index (χ3v) is 6.89. The number of benzene rings is 2. The zero-order valence-electron chi connectivity index (χ0n) is 20.3. The Balaban J connectivity index is 1.71. The largest absolute Gasteiger partial charge is 0.467 e. The predicted octanol–water partition coefficient (Wildman–Crippen LogP) is 4.22. The summed E-state index contributed by atoms with van der Waals surface area (Å²) in [5.41, 5.74) is 3.72. The topological polar surface area (TPSA) is 111 Å². The number of carbonyl (C=O) groups is 1. The molecule has 2 N–H and O–H groups in total. The number of fused-ring (bicyclic) bond motifs is 1. The van der Waals surface area contributed by atoms with Gasteiger partial charge in [-0.3, -0.25) is 5.32 Å². The maximum atomic E-state index is 13.1. The first-order chi connectivity index (χ1) is 17.2. The minimum atomic E-state index is -0.941. The summed E-state index contributed by atoms with van der Waals surface area (Å²) in [5.74, 6) is 0.979. The van der Waals surface area contributed by atoms with E-state index >= 15 is 0 Å². The first kappa shape index (κ1) is 23.2. The molecule has 1 atom stereocenters. The molecular weight excluding hydrogens is 442 g/mol. The number of carbonyl (C=O) groups excluding carboxylic acids is 1. The van der Waals surface area contributed by atoms with Gasteiger partial charge in [-0.15, -0.1) is 10.2 Å². The Morgan fingerprint density at radius 3 is 2.63 bits per heavy atom. The molecule has 9 heteroatoms. The van der Waals surface area contributed by atoms with Gasteiger partial charge in [-0.05, 0) is 42.7 Å². The lowest BCUT2D eigenvalue weighted by molar-refractivity contribution is -0.148. The van der Waals surface area contributed by atoms with Crippen LogP contribution in [0.2, 0.25) is 0 Å². The van der Waals surface area contributed by atoms with Gasteiger partial charge in [0.15, 0.2) is 5.54 Å². The number of tetrazole rings is 1. The maximum Gasteiger partial charge on any atom is 0.334 e. The molecule has 4 aromatic rings. The molecule has 1 aliphatic rings. The average Bonchev–Trinajstić information content (AvgIpc) is 3.66. The van der Waals surface area contributed by atoms with Crippen molar-refractivity contribution in [1.82, 2.24) is 35.5 Å². The van der Waals surface area contributed by atoms with Crippen molar-refractivity contribution in [2.24, 2.45) is 0 Å². The fourth-order valence-electron chi connectivity index (χ4n) is 5.18. The summed E-state index contributed by atoms with van der Waals surface area (Å²) >= 11 is 0. The Hall–Kier alpha value is -3.59. The van der Waals surface area contributed by atoms with Crippen LogP contribution in [0.1, 0.15) is 51.3 Å². The summed E-state index contributed by atoms with van der Waals surface area (Å²) in [6.07, 6.45) is 6.06. The number of aromatic nitrogens is 6. The summed E-state index contributed by atoms with van der Waals surface area (Å²) < 4.78 is 7.51. The zero-order valence-corrected chi connectivity index (χ0v) is 20.3. The fourth-order valence-corrected chi connectivity index (χ4v) is 5.18. The zero-order chi connectivity index (χ0) is 24.3. The van der Waals surface area contributed by atoms with Crippen molar-refractivity contribution in [2.45, 2.75) is 57.5 Å². The number of aryl methyl sites for hydroxylation is 1. The number of rotatable bonds is 9. The Morgan fingerprint density at radius 1 is 1.09 bits per heavy atom. The Morgan fingerprint density at radius 2 is 1.91 bits per heavy atom. The molecular formula is C26H31N7O2. The highest BCUT2D eigenvalue weighted by Gasteiger charge is 2.48. The van der Waals surface area contributed by atoms with Gasteiger partial charge in [-0.2, -0.15) is 5.21 Å². The molecule has 2 aromatic heterocycles. The third kappa shape index (κ3) is 4.10. The second-order valence-electron chi connectivity index (χ2n) is 9.03. The van der Waals surface area contributed by atoms with Crippen LogP contribution in [0.5, 0.6) is 0 Å². The quantitative estimate of drug-likeness (QED) is 0.277. The first-order valence-corrected chi connectivity index (χ1v) is 12.4. The monoisotopic (exact) mass is 473 g/mol. The number of ether oxygens (including phenoxy) is 1. The highest BCUT2D eigenvalue weighted by molar-refractivity contribution is 5.97. The van der Waals surface area contributed by atoms with Crippen molar-refractivity contribution in [3.05, 3.63) is 48.3 Å². The van der Waals surface area contributed by atoms with Crippen LogP contribution in [-0.2, 0) is 21.6 Å². The second-order valence-corrected chi connectivity index (χ2v) is 9.03. The number of H-pyrrole nitrogens is 1.